The Bertz CT molecular complexity index is 2570. The van der Waals surface area contributed by atoms with Crippen LogP contribution in [0.5, 0.6) is 5.75 Å². The van der Waals surface area contributed by atoms with E-state index in [9.17, 15) is 86.8 Å². The Morgan fingerprint density at radius 2 is 0.571 bits per heavy atom. The van der Waals surface area contributed by atoms with Gasteiger partial charge in [-0.1, -0.05) is 0 Å². The zero-order valence-corrected chi connectivity index (χ0v) is 48.4. The van der Waals surface area contributed by atoms with Crippen LogP contribution < -0.4 is 4.74 Å². The highest BCUT2D eigenvalue weighted by Gasteiger charge is 2.59. The highest BCUT2D eigenvalue weighted by Crippen LogP contribution is 2.38. The molecule has 0 radical (unpaired) electrons. The number of hydrogen-bond donors (Lipinski definition) is 17. The van der Waals surface area contributed by atoms with E-state index >= 15 is 0 Å². The van der Waals surface area contributed by atoms with Crippen LogP contribution in [-0.4, -0.2) is 350 Å². The Labute approximate surface area is 517 Å². The number of benzene rings is 2. The zero-order chi connectivity index (χ0) is 65.2. The van der Waals surface area contributed by atoms with Crippen molar-refractivity contribution in [1.82, 2.24) is 0 Å². The normalized spacial score (nSPS) is 43.3. The van der Waals surface area contributed by atoms with Crippen LogP contribution in [0.2, 0.25) is 0 Å². The van der Waals surface area contributed by atoms with Crippen molar-refractivity contribution in [3.8, 4) is 11.8 Å². The number of rotatable bonds is 19. The fourth-order valence-electron chi connectivity index (χ4n) is 11.1. The zero-order valence-electron chi connectivity index (χ0n) is 48.4. The minimum absolute atomic E-state index is 0.0492. The smallest absolute Gasteiger partial charge is 0.187 e. The molecule has 0 amide bonds. The second kappa shape index (κ2) is 33.1. The van der Waals surface area contributed by atoms with Crippen molar-refractivity contribution in [3.63, 3.8) is 0 Å². The molecule has 22 aliphatic rings. The van der Waals surface area contributed by atoms with Gasteiger partial charge in [0.1, 0.15) is 159 Å². The van der Waals surface area contributed by atoms with Gasteiger partial charge in [0.25, 0.3) is 0 Å². The van der Waals surface area contributed by atoms with Crippen molar-refractivity contribution in [2.75, 3.05) is 79.3 Å². The van der Waals surface area contributed by atoms with Gasteiger partial charge in [-0.3, -0.25) is 0 Å². The van der Waals surface area contributed by atoms with E-state index in [4.69, 9.17) is 81.1 Å². The van der Waals surface area contributed by atoms with Crippen molar-refractivity contribution in [2.24, 2.45) is 10.2 Å². The van der Waals surface area contributed by atoms with Gasteiger partial charge in [0.05, 0.1) is 95.7 Å². The molecule has 0 saturated carbocycles. The van der Waals surface area contributed by atoms with Crippen LogP contribution in [0.25, 0.3) is 0 Å². The second-order valence-electron chi connectivity index (χ2n) is 22.2. The van der Waals surface area contributed by atoms with E-state index in [0.717, 1.165) is 0 Å². The summed E-state index contributed by atoms with van der Waals surface area (Å²) in [6, 6.07) is 15.5. The molecule has 512 valence electrons. The van der Waals surface area contributed by atoms with Gasteiger partial charge in [0.15, 0.2) is 37.7 Å². The maximum absolute atomic E-state index is 11.8. The molecule has 0 spiro atoms. The molecule has 24 rings (SSSR count). The van der Waals surface area contributed by atoms with E-state index in [-0.39, 0.29) is 39.6 Å². The molecule has 0 aromatic heterocycles. The maximum atomic E-state index is 11.8. The molecule has 17 N–H and O–H groups in total. The van der Waals surface area contributed by atoms with Crippen LogP contribution in [0, 0.1) is 11.3 Å². The third kappa shape index (κ3) is 16.7. The number of aliphatic hydroxyl groups is 17. The van der Waals surface area contributed by atoms with Gasteiger partial charge in [-0.05, 0) is 48.5 Å². The van der Waals surface area contributed by atoms with Crippen molar-refractivity contribution in [1.29, 1.82) is 5.26 Å². The summed E-state index contributed by atoms with van der Waals surface area (Å²) in [6.45, 7) is -5.21. The molecule has 0 aliphatic carbocycles. The summed E-state index contributed by atoms with van der Waals surface area (Å²) in [5.74, 6) is 0.554. The lowest BCUT2D eigenvalue weighted by Crippen LogP contribution is -2.69. The van der Waals surface area contributed by atoms with Crippen molar-refractivity contribution in [2.45, 2.75) is 184 Å². The minimum atomic E-state index is -2.18. The Hall–Kier alpha value is -3.95. The molecule has 30 atom stereocenters. The Kier molecular flexibility index (Phi) is 26.0. The summed E-state index contributed by atoms with van der Waals surface area (Å²) in [6.07, 6.45) is -59.1. The summed E-state index contributed by atoms with van der Waals surface area (Å²) < 4.78 is 92.6. The standard InChI is InChI=1S/C55H79N3O33/c56-15-22-1-3-23(4-2-22)57-58-24-5-7-25(8-6-24)79-14-13-77-10-9-76-11-12-78-21-31-49-37(69)43(75)55(85-31)90-48-30(20-63)83-53(41(73)35(48)67)88-46-28(18-61)81-51(39(71)33(46)65)86-44-26(16-59)80-50(38(70)32(44)64)87-45-27(17-60)82-52(40(72)34(45)66)89-47-29(19-62)84-54(91-49)42(74)36(47)68/h1-8,26-55,59-75H,9-14,16-21H2/t26-,27-,28-,29-,30-,31-,32-,33-,34-,35-,36-,37-,38-,39-,40-,41-,42-,43-,44-,45-,46-,47-,48-,49-,50-,51-,52-,53-,54-,55-/m1/s1. The van der Waals surface area contributed by atoms with Gasteiger partial charge in [0.2, 0.25) is 0 Å². The predicted octanol–water partition coefficient (Wildman–Crippen LogP) is -8.63. The number of nitrogens with zero attached hydrogens (tertiary/aromatic N) is 3. The first-order valence-corrected chi connectivity index (χ1v) is 29.3. The topological polar surface area (TPSA) is 540 Å². The number of azo groups is 1. The van der Waals surface area contributed by atoms with Crippen LogP contribution in [0.15, 0.2) is 58.8 Å². The molecule has 2 aromatic carbocycles. The van der Waals surface area contributed by atoms with E-state index in [1.54, 1.807) is 48.5 Å². The fraction of sp³-hybridized carbons (Fsp3) is 0.764. The van der Waals surface area contributed by atoms with Crippen LogP contribution in [0.3, 0.4) is 0 Å². The van der Waals surface area contributed by atoms with Crippen LogP contribution in [-0.2, 0) is 71.1 Å². The van der Waals surface area contributed by atoms with Crippen LogP contribution in [0.1, 0.15) is 5.56 Å². The maximum Gasteiger partial charge on any atom is 0.187 e. The molecule has 22 aliphatic heterocycles. The van der Waals surface area contributed by atoms with Crippen molar-refractivity contribution >= 4 is 11.4 Å². The van der Waals surface area contributed by atoms with Gasteiger partial charge < -0.3 is 163 Å². The average Bonchev–Trinajstić information content (AvgIpc) is 1.01. The van der Waals surface area contributed by atoms with Gasteiger partial charge in [-0.25, -0.2) is 0 Å². The monoisotopic (exact) mass is 1310 g/mol. The summed E-state index contributed by atoms with van der Waals surface area (Å²) in [5, 5.41) is 207. The molecule has 2 aromatic rings. The second-order valence-corrected chi connectivity index (χ2v) is 22.2. The van der Waals surface area contributed by atoms with Gasteiger partial charge in [-0.15, -0.1) is 0 Å². The summed E-state index contributed by atoms with van der Waals surface area (Å²) in [5.41, 5.74) is 1.66. The summed E-state index contributed by atoms with van der Waals surface area (Å²) in [7, 11) is 0. The largest absolute Gasteiger partial charge is 0.491 e. The lowest BCUT2D eigenvalue weighted by molar-refractivity contribution is -0.404. The minimum Gasteiger partial charge on any atom is -0.491 e. The summed E-state index contributed by atoms with van der Waals surface area (Å²) in [4.78, 5) is 0. The van der Waals surface area contributed by atoms with Crippen molar-refractivity contribution < 1.29 is 163 Å². The molecule has 36 heteroatoms. The van der Waals surface area contributed by atoms with Gasteiger partial charge in [0, 0.05) is 0 Å². The van der Waals surface area contributed by atoms with E-state index in [1.165, 1.54) is 0 Å². The van der Waals surface area contributed by atoms with E-state index in [0.29, 0.717) is 22.7 Å². The summed E-state index contributed by atoms with van der Waals surface area (Å²) >= 11 is 0. The number of nitriles is 1. The molecule has 0 unspecified atom stereocenters. The fourth-order valence-corrected chi connectivity index (χ4v) is 11.1. The van der Waals surface area contributed by atoms with Gasteiger partial charge in [-0.2, -0.15) is 15.5 Å². The number of hydrogen-bond acceptors (Lipinski definition) is 36. The molecule has 22 heterocycles. The molecule has 12 bridgehead atoms. The quantitative estimate of drug-likeness (QED) is 0.0459. The first-order valence-electron chi connectivity index (χ1n) is 29.3. The molecule has 22 saturated heterocycles. The third-order valence-electron chi connectivity index (χ3n) is 16.1. The van der Waals surface area contributed by atoms with Crippen LogP contribution in [0.4, 0.5) is 11.4 Å². The molecule has 36 nitrogen and oxygen atoms in total. The molecule has 91 heavy (non-hydrogen) atoms. The van der Waals surface area contributed by atoms with E-state index < -0.39 is 224 Å². The third-order valence-corrected chi connectivity index (χ3v) is 16.1. The number of aliphatic hydroxyl groups excluding tert-OH is 17. The van der Waals surface area contributed by atoms with E-state index in [2.05, 4.69) is 10.2 Å². The van der Waals surface area contributed by atoms with Crippen molar-refractivity contribution in [3.05, 3.63) is 54.1 Å². The molecule has 22 fully saturated rings. The lowest BCUT2D eigenvalue weighted by Gasteiger charge is -2.50. The van der Waals surface area contributed by atoms with Gasteiger partial charge >= 0.3 is 0 Å². The molecular weight excluding hydrogens is 1230 g/mol. The number of ether oxygens (including phenoxy) is 16. The Morgan fingerprint density at radius 3 is 0.857 bits per heavy atom. The Morgan fingerprint density at radius 1 is 0.319 bits per heavy atom. The average molecular weight is 1310 g/mol. The Balaban J connectivity index is 0.870. The van der Waals surface area contributed by atoms with E-state index in [1.807, 2.05) is 6.07 Å². The first-order chi connectivity index (χ1) is 43.8. The SMILES string of the molecule is N#Cc1ccc(N=Nc2ccc(OCCOCCOCCOC[C@H]3O[C@@H]4O[C@H]5[C@H](O)[C@@H](O)[C@@H](O[C@H]6[C@H](O)[C@@H](O)[C@@H](O[C@H]7[C@H](O)[C@@H](O)[C@@H](O[C@H]8[C@H](O)[C@@H](O)[C@@H](O[C@H]9[C@H](O)[C@@H](O)[C@@H](O[C@H]3[C@H](O)[C@H]4O)O[C@@H]9CO)O[C@@H]8CO)O[C@@H]7CO)O[C@@H]6CO)O[C@@H]5CO)cc2)cc1. The lowest BCUT2D eigenvalue weighted by atomic mass is 9.94. The predicted molar refractivity (Wildman–Crippen MR) is 288 cm³/mol. The highest BCUT2D eigenvalue weighted by atomic mass is 16.8. The van der Waals surface area contributed by atoms with Crippen LogP contribution >= 0.6 is 0 Å². The highest BCUT2D eigenvalue weighted by molar-refractivity contribution is 5.44. The first kappa shape index (κ1) is 71.3. The molecular formula is C55H79N3O33.